The van der Waals surface area contributed by atoms with Gasteiger partial charge in [-0.3, -0.25) is 0 Å². The molecular weight excluding hydrogens is 254 g/mol. The molecule has 0 saturated heterocycles. The van der Waals surface area contributed by atoms with Crippen LogP contribution in [-0.2, 0) is 6.42 Å². The quantitative estimate of drug-likeness (QED) is 0.771. The molecule has 1 aromatic rings. The average molecular weight is 278 g/mol. The molecule has 0 bridgehead atoms. The van der Waals surface area contributed by atoms with Crippen LogP contribution < -0.4 is 5.32 Å². The number of nitrogens with one attached hydrogen (secondary N) is 1. The van der Waals surface area contributed by atoms with Crippen molar-refractivity contribution in [3.05, 3.63) is 46.0 Å². The maximum atomic E-state index is 6.33. The van der Waals surface area contributed by atoms with Gasteiger partial charge < -0.3 is 5.32 Å². The van der Waals surface area contributed by atoms with E-state index in [9.17, 15) is 0 Å². The normalized spacial score (nSPS) is 17.1. The molecule has 1 aliphatic carbocycles. The van der Waals surface area contributed by atoms with Gasteiger partial charge in [0.1, 0.15) is 0 Å². The Morgan fingerprint density at radius 3 is 2.74 bits per heavy atom. The van der Waals surface area contributed by atoms with Gasteiger partial charge in [0.2, 0.25) is 0 Å². The van der Waals surface area contributed by atoms with Crippen LogP contribution in [0.25, 0.3) is 0 Å². The molecule has 0 amide bonds. The predicted octanol–water partition coefficient (Wildman–Crippen LogP) is 4.67. The monoisotopic (exact) mass is 277 g/mol. The highest BCUT2D eigenvalue weighted by molar-refractivity contribution is 6.31. The van der Waals surface area contributed by atoms with Crippen LogP contribution >= 0.6 is 11.6 Å². The Balaban J connectivity index is 2.00. The van der Waals surface area contributed by atoms with Gasteiger partial charge in [-0.2, -0.15) is 0 Å². The number of hydrogen-bond acceptors (Lipinski definition) is 1. The van der Waals surface area contributed by atoms with Gasteiger partial charge in [-0.05, 0) is 69.7 Å². The highest BCUT2D eigenvalue weighted by atomic mass is 35.5. The summed E-state index contributed by atoms with van der Waals surface area (Å²) in [7, 11) is 2.05. The molecule has 104 valence electrons. The lowest BCUT2D eigenvalue weighted by Crippen LogP contribution is -2.28. The van der Waals surface area contributed by atoms with Gasteiger partial charge in [0.05, 0.1) is 0 Å². The summed E-state index contributed by atoms with van der Waals surface area (Å²) in [6, 6.07) is 6.86. The first kappa shape index (κ1) is 14.6. The summed E-state index contributed by atoms with van der Waals surface area (Å²) in [5, 5.41) is 4.34. The molecular formula is C17H24ClN. The molecule has 2 heteroatoms. The zero-order valence-electron chi connectivity index (χ0n) is 12.0. The third-order valence-electron chi connectivity index (χ3n) is 3.98. The minimum atomic E-state index is 0.490. The molecule has 0 heterocycles. The number of rotatable bonds is 5. The molecule has 1 N–H and O–H groups in total. The Bertz CT molecular complexity index is 451. The molecule has 19 heavy (non-hydrogen) atoms. The predicted molar refractivity (Wildman–Crippen MR) is 83.9 cm³/mol. The number of allylic oxidation sites excluding steroid dienone is 1. The third-order valence-corrected chi connectivity index (χ3v) is 4.33. The Morgan fingerprint density at radius 1 is 1.26 bits per heavy atom. The number of hydrogen-bond donors (Lipinski definition) is 1. The summed E-state index contributed by atoms with van der Waals surface area (Å²) >= 11 is 6.33. The summed E-state index contributed by atoms with van der Waals surface area (Å²) in [6.45, 7) is 2.08. The van der Waals surface area contributed by atoms with Gasteiger partial charge in [-0.25, -0.2) is 0 Å². The minimum Gasteiger partial charge on any atom is -0.316 e. The van der Waals surface area contributed by atoms with Crippen molar-refractivity contribution in [3.8, 4) is 0 Å². The van der Waals surface area contributed by atoms with Crippen molar-refractivity contribution in [2.45, 2.75) is 51.5 Å². The maximum absolute atomic E-state index is 6.33. The summed E-state index contributed by atoms with van der Waals surface area (Å²) in [6.07, 6.45) is 9.85. The van der Waals surface area contributed by atoms with Crippen LogP contribution in [-0.4, -0.2) is 13.1 Å². The van der Waals surface area contributed by atoms with Crippen molar-refractivity contribution in [1.82, 2.24) is 5.32 Å². The van der Waals surface area contributed by atoms with Crippen molar-refractivity contribution in [2.24, 2.45) is 0 Å². The smallest absolute Gasteiger partial charge is 0.0441 e. The number of likely N-dealkylation sites (N-methyl/N-ethyl adjacent to an activating group) is 1. The van der Waals surface area contributed by atoms with Crippen LogP contribution in [0.2, 0.25) is 5.02 Å². The van der Waals surface area contributed by atoms with Crippen molar-refractivity contribution < 1.29 is 0 Å². The minimum absolute atomic E-state index is 0.490. The van der Waals surface area contributed by atoms with E-state index in [-0.39, 0.29) is 0 Å². The third kappa shape index (κ3) is 4.36. The molecule has 1 aromatic carbocycles. The van der Waals surface area contributed by atoms with E-state index in [1.807, 2.05) is 0 Å². The maximum Gasteiger partial charge on any atom is 0.0441 e. The first-order chi connectivity index (χ1) is 9.19. The van der Waals surface area contributed by atoms with Crippen LogP contribution in [0.15, 0.2) is 29.8 Å². The number of benzene rings is 1. The van der Waals surface area contributed by atoms with Crippen molar-refractivity contribution in [2.75, 3.05) is 7.05 Å². The molecule has 0 aliphatic heterocycles. The fraction of sp³-hybridized carbons (Fsp3) is 0.529. The van der Waals surface area contributed by atoms with Gasteiger partial charge in [0.25, 0.3) is 0 Å². The number of aryl methyl sites for hydroxylation is 1. The van der Waals surface area contributed by atoms with Gasteiger partial charge in [0.15, 0.2) is 0 Å². The van der Waals surface area contributed by atoms with Crippen molar-refractivity contribution in [3.63, 3.8) is 0 Å². The molecule has 2 rings (SSSR count). The zero-order valence-corrected chi connectivity index (χ0v) is 12.8. The van der Waals surface area contributed by atoms with E-state index >= 15 is 0 Å². The molecule has 0 saturated carbocycles. The van der Waals surface area contributed by atoms with E-state index in [4.69, 9.17) is 11.6 Å². The lowest BCUT2D eigenvalue weighted by atomic mass is 9.92. The lowest BCUT2D eigenvalue weighted by molar-refractivity contribution is 0.532. The van der Waals surface area contributed by atoms with Crippen molar-refractivity contribution in [1.29, 1.82) is 0 Å². The summed E-state index contributed by atoms with van der Waals surface area (Å²) in [4.78, 5) is 0. The Labute approximate surface area is 122 Å². The second-order valence-electron chi connectivity index (χ2n) is 5.60. The molecule has 0 aromatic heterocycles. The standard InChI is InChI=1S/C17H24ClN/c1-13-8-9-15(17(18)10-13)12-16(19-2)11-14-6-4-3-5-7-14/h6,8-10,16,19H,3-5,7,11-12H2,1-2H3. The molecule has 0 fully saturated rings. The van der Waals surface area contributed by atoms with E-state index in [1.54, 1.807) is 5.57 Å². The molecule has 1 aliphatic rings. The molecule has 0 radical (unpaired) electrons. The van der Waals surface area contributed by atoms with E-state index in [1.165, 1.54) is 36.8 Å². The first-order valence-corrected chi connectivity index (χ1v) is 7.67. The second-order valence-corrected chi connectivity index (χ2v) is 6.00. The van der Waals surface area contributed by atoms with E-state index in [0.29, 0.717) is 6.04 Å². The van der Waals surface area contributed by atoms with Gasteiger partial charge in [-0.15, -0.1) is 0 Å². The van der Waals surface area contributed by atoms with Crippen LogP contribution in [0.4, 0.5) is 0 Å². The zero-order chi connectivity index (χ0) is 13.7. The largest absolute Gasteiger partial charge is 0.316 e. The van der Waals surface area contributed by atoms with E-state index in [0.717, 1.165) is 17.9 Å². The fourth-order valence-corrected chi connectivity index (χ4v) is 3.08. The molecule has 0 spiro atoms. The summed E-state index contributed by atoms with van der Waals surface area (Å²) in [5.74, 6) is 0. The van der Waals surface area contributed by atoms with Crippen molar-refractivity contribution >= 4 is 11.6 Å². The topological polar surface area (TPSA) is 12.0 Å². The second kappa shape index (κ2) is 7.12. The van der Waals surface area contributed by atoms with Gasteiger partial charge >= 0.3 is 0 Å². The summed E-state index contributed by atoms with van der Waals surface area (Å²) in [5.41, 5.74) is 4.10. The highest BCUT2D eigenvalue weighted by Gasteiger charge is 2.13. The fourth-order valence-electron chi connectivity index (χ4n) is 2.77. The molecule has 1 unspecified atom stereocenters. The summed E-state index contributed by atoms with van der Waals surface area (Å²) < 4.78 is 0. The van der Waals surface area contributed by atoms with Crippen LogP contribution in [0.1, 0.15) is 43.2 Å². The van der Waals surface area contributed by atoms with Crippen LogP contribution in [0.3, 0.4) is 0 Å². The first-order valence-electron chi connectivity index (χ1n) is 7.29. The van der Waals surface area contributed by atoms with Crippen LogP contribution in [0, 0.1) is 6.92 Å². The average Bonchev–Trinajstić information content (AvgIpc) is 2.42. The Kier molecular flexibility index (Phi) is 5.47. The van der Waals surface area contributed by atoms with E-state index < -0.39 is 0 Å². The Hall–Kier alpha value is -0.790. The number of halogens is 1. The highest BCUT2D eigenvalue weighted by Crippen LogP contribution is 2.24. The Morgan fingerprint density at radius 2 is 2.11 bits per heavy atom. The van der Waals surface area contributed by atoms with Gasteiger partial charge in [-0.1, -0.05) is 35.4 Å². The van der Waals surface area contributed by atoms with Gasteiger partial charge in [0, 0.05) is 11.1 Å². The molecule has 1 atom stereocenters. The van der Waals surface area contributed by atoms with E-state index in [2.05, 4.69) is 43.6 Å². The lowest BCUT2D eigenvalue weighted by Gasteiger charge is -2.21. The van der Waals surface area contributed by atoms with Crippen LogP contribution in [0.5, 0.6) is 0 Å². The molecule has 1 nitrogen and oxygen atoms in total. The SMILES string of the molecule is CNC(CC1=CCCCC1)Cc1ccc(C)cc1Cl.